The first-order valence-electron chi connectivity index (χ1n) is 6.26. The minimum Gasteiger partial charge on any atom is -0.352 e. The van der Waals surface area contributed by atoms with Gasteiger partial charge in [0.25, 0.3) is 5.91 Å². The Morgan fingerprint density at radius 2 is 1.58 bits per heavy atom. The maximum Gasteiger partial charge on any atom is 0.251 e. The molecule has 0 radical (unpaired) electrons. The van der Waals surface area contributed by atoms with Gasteiger partial charge in [0.1, 0.15) is 0 Å². The monoisotopic (exact) mass is 317 g/mol. The van der Waals surface area contributed by atoms with Crippen LogP contribution in [0, 0.1) is 0 Å². The zero-order valence-electron chi connectivity index (χ0n) is 10.6. The second-order valence-electron chi connectivity index (χ2n) is 4.32. The standard InChI is InChI=1S/C16H16BrNO/c17-12-14-8-6-13(7-9-14)10-11-18-16(19)15-4-2-1-3-5-15/h1-9H,10-12H2,(H,18,19). The van der Waals surface area contributed by atoms with Gasteiger partial charge in [-0.15, -0.1) is 0 Å². The summed E-state index contributed by atoms with van der Waals surface area (Å²) < 4.78 is 0. The van der Waals surface area contributed by atoms with Gasteiger partial charge in [-0.25, -0.2) is 0 Å². The van der Waals surface area contributed by atoms with E-state index in [4.69, 9.17) is 0 Å². The second kappa shape index (κ2) is 7.10. The molecule has 0 atom stereocenters. The van der Waals surface area contributed by atoms with Crippen molar-refractivity contribution in [3.8, 4) is 0 Å². The van der Waals surface area contributed by atoms with Crippen LogP contribution in [0.2, 0.25) is 0 Å². The fourth-order valence-electron chi connectivity index (χ4n) is 1.81. The average molecular weight is 318 g/mol. The van der Waals surface area contributed by atoms with Crippen molar-refractivity contribution in [1.82, 2.24) is 5.32 Å². The number of hydrogen-bond acceptors (Lipinski definition) is 1. The molecule has 0 bridgehead atoms. The third kappa shape index (κ3) is 4.21. The van der Waals surface area contributed by atoms with Gasteiger partial charge in [0.2, 0.25) is 0 Å². The van der Waals surface area contributed by atoms with Crippen molar-refractivity contribution in [2.45, 2.75) is 11.8 Å². The van der Waals surface area contributed by atoms with E-state index in [1.54, 1.807) is 0 Å². The average Bonchev–Trinajstić information content (AvgIpc) is 2.49. The van der Waals surface area contributed by atoms with Crippen LogP contribution in [0.5, 0.6) is 0 Å². The predicted molar refractivity (Wildman–Crippen MR) is 81.6 cm³/mol. The molecule has 0 saturated heterocycles. The smallest absolute Gasteiger partial charge is 0.251 e. The lowest BCUT2D eigenvalue weighted by Crippen LogP contribution is -2.25. The molecular weight excluding hydrogens is 302 g/mol. The molecule has 98 valence electrons. The molecular formula is C16H16BrNO. The lowest BCUT2D eigenvalue weighted by Gasteiger charge is -2.06. The first kappa shape index (κ1) is 13.8. The first-order chi connectivity index (χ1) is 9.29. The second-order valence-corrected chi connectivity index (χ2v) is 4.88. The van der Waals surface area contributed by atoms with Gasteiger partial charge < -0.3 is 5.32 Å². The number of nitrogens with one attached hydrogen (secondary N) is 1. The van der Waals surface area contributed by atoms with Gasteiger partial charge >= 0.3 is 0 Å². The van der Waals surface area contributed by atoms with E-state index in [9.17, 15) is 4.79 Å². The summed E-state index contributed by atoms with van der Waals surface area (Å²) in [6.45, 7) is 0.654. The number of benzene rings is 2. The van der Waals surface area contributed by atoms with Gasteiger partial charge in [0, 0.05) is 17.4 Å². The van der Waals surface area contributed by atoms with E-state index in [-0.39, 0.29) is 5.91 Å². The largest absolute Gasteiger partial charge is 0.352 e. The Bertz CT molecular complexity index is 522. The number of hydrogen-bond donors (Lipinski definition) is 1. The molecule has 2 rings (SSSR count). The molecule has 1 amide bonds. The summed E-state index contributed by atoms with van der Waals surface area (Å²) in [5, 5.41) is 3.80. The van der Waals surface area contributed by atoms with Crippen molar-refractivity contribution in [2.75, 3.05) is 6.54 Å². The molecule has 0 aliphatic heterocycles. The van der Waals surface area contributed by atoms with Crippen LogP contribution in [0.1, 0.15) is 21.5 Å². The van der Waals surface area contributed by atoms with Gasteiger partial charge in [-0.3, -0.25) is 4.79 Å². The summed E-state index contributed by atoms with van der Waals surface area (Å²) in [4.78, 5) is 11.8. The molecule has 0 fully saturated rings. The van der Waals surface area contributed by atoms with E-state index >= 15 is 0 Å². The van der Waals surface area contributed by atoms with Crippen LogP contribution in [-0.2, 0) is 11.8 Å². The Morgan fingerprint density at radius 3 is 2.21 bits per heavy atom. The van der Waals surface area contributed by atoms with Crippen molar-refractivity contribution in [3.05, 3.63) is 71.3 Å². The maximum absolute atomic E-state index is 11.8. The van der Waals surface area contributed by atoms with Gasteiger partial charge in [0.05, 0.1) is 0 Å². The molecule has 0 spiro atoms. The Hall–Kier alpha value is -1.61. The molecule has 0 aromatic heterocycles. The number of carbonyl (C=O) groups excluding carboxylic acids is 1. The molecule has 19 heavy (non-hydrogen) atoms. The summed E-state index contributed by atoms with van der Waals surface area (Å²) in [7, 11) is 0. The predicted octanol–water partition coefficient (Wildman–Crippen LogP) is 3.55. The van der Waals surface area contributed by atoms with Gasteiger partial charge in [-0.05, 0) is 29.7 Å². The lowest BCUT2D eigenvalue weighted by molar-refractivity contribution is 0.0954. The summed E-state index contributed by atoms with van der Waals surface area (Å²) in [5.41, 5.74) is 3.20. The van der Waals surface area contributed by atoms with E-state index in [0.29, 0.717) is 12.1 Å². The summed E-state index contributed by atoms with van der Waals surface area (Å²) in [5.74, 6) is -0.0160. The molecule has 2 nitrogen and oxygen atoms in total. The zero-order chi connectivity index (χ0) is 13.5. The van der Waals surface area contributed by atoms with E-state index in [0.717, 1.165) is 11.8 Å². The topological polar surface area (TPSA) is 29.1 Å². The highest BCUT2D eigenvalue weighted by molar-refractivity contribution is 9.08. The van der Waals surface area contributed by atoms with Crippen LogP contribution in [0.4, 0.5) is 0 Å². The lowest BCUT2D eigenvalue weighted by atomic mass is 10.1. The third-order valence-electron chi connectivity index (χ3n) is 2.91. The van der Waals surface area contributed by atoms with E-state index < -0.39 is 0 Å². The van der Waals surface area contributed by atoms with E-state index in [1.165, 1.54) is 11.1 Å². The van der Waals surface area contributed by atoms with Crippen LogP contribution in [0.15, 0.2) is 54.6 Å². The van der Waals surface area contributed by atoms with Crippen molar-refractivity contribution in [3.63, 3.8) is 0 Å². The normalized spacial score (nSPS) is 10.2. The van der Waals surface area contributed by atoms with E-state index in [1.807, 2.05) is 30.3 Å². The molecule has 1 N–H and O–H groups in total. The van der Waals surface area contributed by atoms with Crippen LogP contribution >= 0.6 is 15.9 Å². The fraction of sp³-hybridized carbons (Fsp3) is 0.188. The van der Waals surface area contributed by atoms with Crippen LogP contribution in [0.25, 0.3) is 0 Å². The quantitative estimate of drug-likeness (QED) is 0.839. The zero-order valence-corrected chi connectivity index (χ0v) is 12.2. The van der Waals surface area contributed by atoms with E-state index in [2.05, 4.69) is 45.5 Å². The highest BCUT2D eigenvalue weighted by Crippen LogP contribution is 2.08. The molecule has 0 unspecified atom stereocenters. The van der Waals surface area contributed by atoms with Gasteiger partial charge in [-0.1, -0.05) is 58.4 Å². The summed E-state index contributed by atoms with van der Waals surface area (Å²) in [6.07, 6.45) is 0.848. The van der Waals surface area contributed by atoms with Crippen LogP contribution < -0.4 is 5.32 Å². The van der Waals surface area contributed by atoms with Crippen LogP contribution in [0.3, 0.4) is 0 Å². The molecule has 0 heterocycles. The van der Waals surface area contributed by atoms with Gasteiger partial charge in [0.15, 0.2) is 0 Å². The Labute approximate surface area is 122 Å². The summed E-state index contributed by atoms with van der Waals surface area (Å²) >= 11 is 3.42. The third-order valence-corrected chi connectivity index (χ3v) is 3.56. The number of alkyl halides is 1. The minimum atomic E-state index is -0.0160. The molecule has 0 aliphatic carbocycles. The number of carbonyl (C=O) groups is 1. The molecule has 0 saturated carbocycles. The highest BCUT2D eigenvalue weighted by atomic mass is 79.9. The van der Waals surface area contributed by atoms with Crippen molar-refractivity contribution in [2.24, 2.45) is 0 Å². The molecule has 0 aliphatic rings. The molecule has 2 aromatic rings. The highest BCUT2D eigenvalue weighted by Gasteiger charge is 2.03. The Morgan fingerprint density at radius 1 is 0.947 bits per heavy atom. The number of rotatable bonds is 5. The number of halogens is 1. The Kier molecular flexibility index (Phi) is 5.16. The van der Waals surface area contributed by atoms with Crippen LogP contribution in [-0.4, -0.2) is 12.5 Å². The molecule has 2 aromatic carbocycles. The molecule has 3 heteroatoms. The Balaban J connectivity index is 1.81. The van der Waals surface area contributed by atoms with Crippen molar-refractivity contribution < 1.29 is 4.79 Å². The summed E-state index contributed by atoms with van der Waals surface area (Å²) in [6, 6.07) is 17.7. The van der Waals surface area contributed by atoms with Crippen molar-refractivity contribution in [1.29, 1.82) is 0 Å². The SMILES string of the molecule is O=C(NCCc1ccc(CBr)cc1)c1ccccc1. The van der Waals surface area contributed by atoms with Gasteiger partial charge in [-0.2, -0.15) is 0 Å². The number of amides is 1. The maximum atomic E-state index is 11.8. The van der Waals surface area contributed by atoms with Crippen molar-refractivity contribution >= 4 is 21.8 Å². The minimum absolute atomic E-state index is 0.0160. The first-order valence-corrected chi connectivity index (χ1v) is 7.39. The fourth-order valence-corrected chi connectivity index (χ4v) is 2.18.